The molecule has 1 N–H and O–H groups in total. The van der Waals surface area contributed by atoms with Gasteiger partial charge in [-0.3, -0.25) is 14.5 Å². The standard InChI is InChI=1S/C23H29N7O2S/c1-15(2)28(3)11-19-12-30(27-26-19)20-8-17(9-20)23(32)29-14-33-13-21(29)22(31)25-18-6-4-16(10-24)5-7-18/h4-7,12,15,17,20-21H,8-9,11,13-14H2,1-3H3,(H,25,31). The Balaban J connectivity index is 1.31. The Morgan fingerprint density at radius 1 is 1.30 bits per heavy atom. The molecule has 33 heavy (non-hydrogen) atoms. The molecule has 0 radical (unpaired) electrons. The van der Waals surface area contributed by atoms with Crippen molar-refractivity contribution in [3.05, 3.63) is 41.7 Å². The maximum atomic E-state index is 13.1. The number of anilines is 1. The Labute approximate surface area is 198 Å². The molecular formula is C23H29N7O2S. The number of carbonyl (C=O) groups is 2. The quantitative estimate of drug-likeness (QED) is 0.667. The highest BCUT2D eigenvalue weighted by Crippen LogP contribution is 2.40. The van der Waals surface area contributed by atoms with Crippen LogP contribution in [0, 0.1) is 17.2 Å². The second kappa shape index (κ2) is 9.93. The van der Waals surface area contributed by atoms with Gasteiger partial charge in [0.05, 0.1) is 35.4 Å². The number of nitrogens with one attached hydrogen (secondary N) is 1. The maximum absolute atomic E-state index is 13.1. The van der Waals surface area contributed by atoms with Gasteiger partial charge >= 0.3 is 0 Å². The van der Waals surface area contributed by atoms with Crippen LogP contribution in [0.1, 0.15) is 44.0 Å². The van der Waals surface area contributed by atoms with Crippen molar-refractivity contribution >= 4 is 29.3 Å². The first-order valence-corrected chi connectivity index (χ1v) is 12.3. The summed E-state index contributed by atoms with van der Waals surface area (Å²) in [4.78, 5) is 29.9. The van der Waals surface area contributed by atoms with E-state index in [-0.39, 0.29) is 23.8 Å². The number of rotatable bonds is 7. The van der Waals surface area contributed by atoms with Gasteiger partial charge in [0.25, 0.3) is 0 Å². The summed E-state index contributed by atoms with van der Waals surface area (Å²) in [6, 6.07) is 8.90. The molecule has 4 rings (SSSR count). The van der Waals surface area contributed by atoms with Crippen LogP contribution in [-0.4, -0.2) is 67.4 Å². The highest BCUT2D eigenvalue weighted by atomic mass is 32.2. The molecule has 2 heterocycles. The van der Waals surface area contributed by atoms with Crippen LogP contribution in [-0.2, 0) is 16.1 Å². The van der Waals surface area contributed by atoms with Crippen LogP contribution >= 0.6 is 11.8 Å². The molecule has 1 aromatic carbocycles. The third-order valence-corrected chi connectivity index (χ3v) is 7.45. The topological polar surface area (TPSA) is 107 Å². The number of amides is 2. The second-order valence-corrected chi connectivity index (χ2v) is 10.0. The Kier molecular flexibility index (Phi) is 7.00. The van der Waals surface area contributed by atoms with Crippen molar-refractivity contribution in [1.29, 1.82) is 5.26 Å². The van der Waals surface area contributed by atoms with E-state index in [1.54, 1.807) is 40.9 Å². The number of hydrogen-bond acceptors (Lipinski definition) is 7. The van der Waals surface area contributed by atoms with Gasteiger partial charge < -0.3 is 10.2 Å². The molecule has 9 nitrogen and oxygen atoms in total. The van der Waals surface area contributed by atoms with Crippen LogP contribution in [0.3, 0.4) is 0 Å². The number of aromatic nitrogens is 3. The fraction of sp³-hybridized carbons (Fsp3) is 0.522. The highest BCUT2D eigenvalue weighted by Gasteiger charge is 2.43. The van der Waals surface area contributed by atoms with Gasteiger partial charge in [-0.05, 0) is 58.0 Å². The molecule has 0 spiro atoms. The summed E-state index contributed by atoms with van der Waals surface area (Å²) in [6.07, 6.45) is 3.41. The predicted molar refractivity (Wildman–Crippen MR) is 126 cm³/mol. The summed E-state index contributed by atoms with van der Waals surface area (Å²) in [5.41, 5.74) is 2.08. The number of nitriles is 1. The van der Waals surface area contributed by atoms with Gasteiger partial charge in [-0.1, -0.05) is 5.21 Å². The van der Waals surface area contributed by atoms with Crippen molar-refractivity contribution in [2.75, 3.05) is 24.0 Å². The maximum Gasteiger partial charge on any atom is 0.248 e. The van der Waals surface area contributed by atoms with E-state index >= 15 is 0 Å². The summed E-state index contributed by atoms with van der Waals surface area (Å²) in [5, 5.41) is 20.3. The Hall–Kier alpha value is -2.90. The van der Waals surface area contributed by atoms with Crippen molar-refractivity contribution in [1.82, 2.24) is 24.8 Å². The molecule has 1 saturated carbocycles. The molecule has 2 aromatic rings. The molecular weight excluding hydrogens is 438 g/mol. The molecule has 174 valence electrons. The summed E-state index contributed by atoms with van der Waals surface area (Å²) in [6.45, 7) is 5.02. The monoisotopic (exact) mass is 467 g/mol. The van der Waals surface area contributed by atoms with Gasteiger partial charge in [-0.25, -0.2) is 4.68 Å². The molecule has 1 saturated heterocycles. The lowest BCUT2D eigenvalue weighted by molar-refractivity contribution is -0.143. The van der Waals surface area contributed by atoms with Crippen molar-refractivity contribution in [2.45, 2.75) is 51.4 Å². The molecule has 1 atom stereocenters. The number of carbonyl (C=O) groups excluding carboxylic acids is 2. The van der Waals surface area contributed by atoms with Crippen LogP contribution in [0.4, 0.5) is 5.69 Å². The molecule has 1 aromatic heterocycles. The van der Waals surface area contributed by atoms with Gasteiger partial charge in [-0.15, -0.1) is 16.9 Å². The zero-order valence-corrected chi connectivity index (χ0v) is 20.0. The van der Waals surface area contributed by atoms with Crippen molar-refractivity contribution < 1.29 is 9.59 Å². The van der Waals surface area contributed by atoms with Gasteiger partial charge in [0, 0.05) is 29.9 Å². The Morgan fingerprint density at radius 2 is 2.03 bits per heavy atom. The van der Waals surface area contributed by atoms with Crippen molar-refractivity contribution in [3.8, 4) is 6.07 Å². The zero-order valence-electron chi connectivity index (χ0n) is 19.1. The number of nitrogens with zero attached hydrogens (tertiary/aromatic N) is 6. The van der Waals surface area contributed by atoms with Crippen LogP contribution in [0.25, 0.3) is 0 Å². The van der Waals surface area contributed by atoms with E-state index in [0.717, 1.165) is 12.2 Å². The Morgan fingerprint density at radius 3 is 2.70 bits per heavy atom. The smallest absolute Gasteiger partial charge is 0.248 e. The third-order valence-electron chi connectivity index (χ3n) is 6.44. The van der Waals surface area contributed by atoms with E-state index in [1.807, 2.05) is 10.9 Å². The third kappa shape index (κ3) is 5.20. The lowest BCUT2D eigenvalue weighted by atomic mass is 9.79. The predicted octanol–water partition coefficient (Wildman–Crippen LogP) is 2.48. The number of benzene rings is 1. The normalized spacial score (nSPS) is 22.3. The van der Waals surface area contributed by atoms with Crippen LogP contribution in [0.15, 0.2) is 30.5 Å². The fourth-order valence-electron chi connectivity index (χ4n) is 3.97. The molecule has 2 amide bonds. The molecule has 2 aliphatic rings. The second-order valence-electron chi connectivity index (χ2n) is 9.02. The lowest BCUT2D eigenvalue weighted by Gasteiger charge is -2.37. The van der Waals surface area contributed by atoms with Gasteiger partial charge in [0.1, 0.15) is 6.04 Å². The average Bonchev–Trinajstić information content (AvgIpc) is 3.43. The molecule has 0 bridgehead atoms. The minimum atomic E-state index is -0.485. The fourth-order valence-corrected chi connectivity index (χ4v) is 5.14. The summed E-state index contributed by atoms with van der Waals surface area (Å²) >= 11 is 1.59. The van der Waals surface area contributed by atoms with E-state index in [9.17, 15) is 9.59 Å². The van der Waals surface area contributed by atoms with E-state index in [1.165, 1.54) is 0 Å². The average molecular weight is 468 g/mol. The molecule has 2 fully saturated rings. The van der Waals surface area contributed by atoms with Gasteiger partial charge in [-0.2, -0.15) is 5.26 Å². The van der Waals surface area contributed by atoms with E-state index < -0.39 is 6.04 Å². The van der Waals surface area contributed by atoms with E-state index in [2.05, 4.69) is 47.5 Å². The van der Waals surface area contributed by atoms with Gasteiger partial charge in [0.2, 0.25) is 11.8 Å². The molecule has 10 heteroatoms. The van der Waals surface area contributed by atoms with Gasteiger partial charge in [0.15, 0.2) is 0 Å². The first kappa shape index (κ1) is 23.3. The number of hydrogen-bond donors (Lipinski definition) is 1. The number of thioether (sulfide) groups is 1. The summed E-state index contributed by atoms with van der Waals surface area (Å²) < 4.78 is 1.88. The SMILES string of the molecule is CC(C)N(C)Cc1cn(C2CC(C(=O)N3CSCC3C(=O)Nc3ccc(C#N)cc3)C2)nn1. The highest BCUT2D eigenvalue weighted by molar-refractivity contribution is 7.99. The lowest BCUT2D eigenvalue weighted by Crippen LogP contribution is -2.49. The van der Waals surface area contributed by atoms with E-state index in [0.29, 0.717) is 41.8 Å². The minimum absolute atomic E-state index is 0.0381. The molecule has 1 unspecified atom stereocenters. The minimum Gasteiger partial charge on any atom is -0.324 e. The largest absolute Gasteiger partial charge is 0.324 e. The summed E-state index contributed by atoms with van der Waals surface area (Å²) in [7, 11) is 2.06. The first-order chi connectivity index (χ1) is 15.9. The van der Waals surface area contributed by atoms with Crippen LogP contribution in [0.2, 0.25) is 0 Å². The van der Waals surface area contributed by atoms with Crippen LogP contribution in [0.5, 0.6) is 0 Å². The Bertz CT molecular complexity index is 1040. The summed E-state index contributed by atoms with van der Waals surface area (Å²) in [5.74, 6) is 0.866. The van der Waals surface area contributed by atoms with Crippen molar-refractivity contribution in [2.24, 2.45) is 5.92 Å². The van der Waals surface area contributed by atoms with E-state index in [4.69, 9.17) is 5.26 Å². The molecule has 1 aliphatic carbocycles. The zero-order chi connectivity index (χ0) is 23.5. The van der Waals surface area contributed by atoms with Crippen molar-refractivity contribution in [3.63, 3.8) is 0 Å². The molecule has 1 aliphatic heterocycles. The first-order valence-electron chi connectivity index (χ1n) is 11.2. The van der Waals surface area contributed by atoms with Crippen LogP contribution < -0.4 is 5.32 Å².